The van der Waals surface area contributed by atoms with Crippen molar-refractivity contribution in [2.24, 2.45) is 0 Å². The fourth-order valence-corrected chi connectivity index (χ4v) is 3.98. The first-order valence-electron chi connectivity index (χ1n) is 9.52. The molecule has 0 spiro atoms. The number of hydrogen-bond donors (Lipinski definition) is 1. The number of carbonyl (C=O) groups is 2. The number of benzene rings is 2. The van der Waals surface area contributed by atoms with E-state index in [0.717, 1.165) is 11.0 Å². The number of nitrogens with one attached hydrogen (secondary N) is 1. The molecule has 1 aliphatic heterocycles. The van der Waals surface area contributed by atoms with Crippen molar-refractivity contribution in [1.29, 1.82) is 0 Å². The molecule has 1 aliphatic rings. The number of rotatable bonds is 7. The summed E-state index contributed by atoms with van der Waals surface area (Å²) in [6.07, 6.45) is 0.623. The van der Waals surface area contributed by atoms with Crippen molar-refractivity contribution in [3.05, 3.63) is 52.5 Å². The Morgan fingerprint density at radius 2 is 2.03 bits per heavy atom. The first kappa shape index (κ1) is 20.7. The van der Waals surface area contributed by atoms with Crippen molar-refractivity contribution in [2.75, 3.05) is 30.5 Å². The van der Waals surface area contributed by atoms with Gasteiger partial charge < -0.3 is 10.1 Å². The van der Waals surface area contributed by atoms with Crippen LogP contribution in [0.15, 0.2) is 42.5 Å². The monoisotopic (exact) mass is 446 g/mol. The molecule has 0 saturated carbocycles. The van der Waals surface area contributed by atoms with Crippen LogP contribution in [-0.4, -0.2) is 41.6 Å². The predicted molar refractivity (Wildman–Crippen MR) is 117 cm³/mol. The van der Waals surface area contributed by atoms with Crippen LogP contribution in [0.3, 0.4) is 0 Å². The summed E-state index contributed by atoms with van der Waals surface area (Å²) in [5.74, 6) is 0.0579. The molecule has 1 aromatic heterocycles. The lowest BCUT2D eigenvalue weighted by molar-refractivity contribution is -0.124. The van der Waals surface area contributed by atoms with Gasteiger partial charge >= 0.3 is 0 Å². The van der Waals surface area contributed by atoms with Crippen molar-refractivity contribution >= 4 is 57.7 Å². The molecule has 1 atom stereocenters. The number of aromatic nitrogens is 2. The van der Waals surface area contributed by atoms with Gasteiger partial charge in [0.2, 0.25) is 11.9 Å². The van der Waals surface area contributed by atoms with Crippen LogP contribution in [0.4, 0.5) is 11.6 Å². The van der Waals surface area contributed by atoms with E-state index >= 15 is 0 Å². The maximum atomic E-state index is 13.2. The van der Waals surface area contributed by atoms with Crippen LogP contribution in [0, 0.1) is 0 Å². The maximum absolute atomic E-state index is 13.2. The minimum Gasteiger partial charge on any atom is -0.385 e. The molecule has 0 saturated heterocycles. The molecule has 0 bridgehead atoms. The number of nitrogens with zero attached hydrogens (tertiary/aromatic N) is 3. The lowest BCUT2D eigenvalue weighted by Gasteiger charge is -2.16. The highest BCUT2D eigenvalue weighted by atomic mass is 35.5. The molecule has 30 heavy (non-hydrogen) atoms. The molecule has 2 amide bonds. The highest BCUT2D eigenvalue weighted by molar-refractivity contribution is 6.35. The van der Waals surface area contributed by atoms with Crippen molar-refractivity contribution in [3.8, 4) is 0 Å². The van der Waals surface area contributed by atoms with Gasteiger partial charge in [-0.2, -0.15) is 0 Å². The first-order chi connectivity index (χ1) is 14.5. The number of halogens is 2. The average Bonchev–Trinajstić information content (AvgIpc) is 3.21. The van der Waals surface area contributed by atoms with Crippen LogP contribution in [-0.2, 0) is 14.3 Å². The molecular formula is C21H20Cl2N4O3. The standard InChI is InChI=1S/C21H20Cl2N4O3/c1-30-10-4-9-26-20(29)18(27-17-6-3-2-5-15(17)25-21(26)27)12-19(28)24-16-11-13(22)7-8-14(16)23/h2-3,5-8,11,18H,4,9-10,12H2,1H3,(H,24,28). The lowest BCUT2D eigenvalue weighted by atomic mass is 10.1. The zero-order valence-corrected chi connectivity index (χ0v) is 17.8. The van der Waals surface area contributed by atoms with Gasteiger partial charge in [0.05, 0.1) is 28.2 Å². The van der Waals surface area contributed by atoms with Gasteiger partial charge in [-0.1, -0.05) is 35.3 Å². The Bertz CT molecular complexity index is 1110. The zero-order valence-electron chi connectivity index (χ0n) is 16.3. The minimum atomic E-state index is -0.687. The van der Waals surface area contributed by atoms with E-state index < -0.39 is 6.04 Å². The van der Waals surface area contributed by atoms with E-state index in [0.29, 0.717) is 41.3 Å². The van der Waals surface area contributed by atoms with Gasteiger partial charge in [-0.15, -0.1) is 0 Å². The molecule has 2 heterocycles. The maximum Gasteiger partial charge on any atom is 0.253 e. The Morgan fingerprint density at radius 3 is 2.83 bits per heavy atom. The number of anilines is 2. The van der Waals surface area contributed by atoms with Gasteiger partial charge in [0.15, 0.2) is 0 Å². The Labute approximate surface area is 183 Å². The van der Waals surface area contributed by atoms with E-state index in [1.54, 1.807) is 30.2 Å². The Hall–Kier alpha value is -2.61. The average molecular weight is 447 g/mol. The summed E-state index contributed by atoms with van der Waals surface area (Å²) >= 11 is 12.1. The number of carbonyl (C=O) groups excluding carboxylic acids is 2. The molecule has 1 unspecified atom stereocenters. The predicted octanol–water partition coefficient (Wildman–Crippen LogP) is 4.30. The number of ether oxygens (including phenoxy) is 1. The first-order valence-corrected chi connectivity index (χ1v) is 10.3. The summed E-state index contributed by atoms with van der Waals surface area (Å²) in [6.45, 7) is 0.997. The van der Waals surface area contributed by atoms with Crippen molar-refractivity contribution < 1.29 is 14.3 Å². The molecule has 0 aliphatic carbocycles. The van der Waals surface area contributed by atoms with E-state index in [-0.39, 0.29) is 18.2 Å². The number of hydrogen-bond acceptors (Lipinski definition) is 4. The second kappa shape index (κ2) is 8.63. The van der Waals surface area contributed by atoms with E-state index in [1.807, 2.05) is 28.8 Å². The minimum absolute atomic E-state index is 0.0458. The normalized spacial score (nSPS) is 15.6. The van der Waals surface area contributed by atoms with Crippen LogP contribution in [0.25, 0.3) is 11.0 Å². The largest absolute Gasteiger partial charge is 0.385 e. The summed E-state index contributed by atoms with van der Waals surface area (Å²) < 4.78 is 6.95. The van der Waals surface area contributed by atoms with Gasteiger partial charge in [0, 0.05) is 25.3 Å². The van der Waals surface area contributed by atoms with Crippen LogP contribution in [0.2, 0.25) is 10.0 Å². The molecule has 9 heteroatoms. The summed E-state index contributed by atoms with van der Waals surface area (Å²) in [6, 6.07) is 11.7. The summed E-state index contributed by atoms with van der Waals surface area (Å²) in [5, 5.41) is 3.59. The number of fused-ring (bicyclic) bond motifs is 3. The molecule has 2 aromatic carbocycles. The van der Waals surface area contributed by atoms with Crippen LogP contribution < -0.4 is 10.2 Å². The van der Waals surface area contributed by atoms with Crippen LogP contribution in [0.1, 0.15) is 18.9 Å². The zero-order chi connectivity index (χ0) is 21.3. The smallest absolute Gasteiger partial charge is 0.253 e. The Balaban J connectivity index is 1.62. The Morgan fingerprint density at radius 1 is 1.23 bits per heavy atom. The second-order valence-corrected chi connectivity index (χ2v) is 7.84. The third-order valence-electron chi connectivity index (χ3n) is 4.99. The summed E-state index contributed by atoms with van der Waals surface area (Å²) in [5.41, 5.74) is 2.00. The van der Waals surface area contributed by atoms with Crippen LogP contribution in [0.5, 0.6) is 0 Å². The highest BCUT2D eigenvalue weighted by Crippen LogP contribution is 2.37. The fraction of sp³-hybridized carbons (Fsp3) is 0.286. The van der Waals surface area contributed by atoms with E-state index in [1.165, 1.54) is 0 Å². The number of para-hydroxylation sites is 2. The van der Waals surface area contributed by atoms with Gasteiger partial charge in [-0.05, 0) is 36.8 Å². The number of amides is 2. The number of imidazole rings is 1. The topological polar surface area (TPSA) is 76.5 Å². The molecular weight excluding hydrogens is 427 g/mol. The third-order valence-corrected chi connectivity index (χ3v) is 5.56. The van der Waals surface area contributed by atoms with E-state index in [9.17, 15) is 9.59 Å². The van der Waals surface area contributed by atoms with Gasteiger partial charge in [0.1, 0.15) is 6.04 Å². The molecule has 0 fully saturated rings. The SMILES string of the molecule is COCCCN1C(=O)C(CC(=O)Nc2cc(Cl)ccc2Cl)n2c1nc1ccccc12. The Kier molecular flexibility index (Phi) is 5.94. The number of methoxy groups -OCH3 is 1. The van der Waals surface area contributed by atoms with Crippen molar-refractivity contribution in [1.82, 2.24) is 9.55 Å². The van der Waals surface area contributed by atoms with E-state index in [4.69, 9.17) is 27.9 Å². The molecule has 1 N–H and O–H groups in total. The molecule has 3 aromatic rings. The molecule has 7 nitrogen and oxygen atoms in total. The van der Waals surface area contributed by atoms with Crippen molar-refractivity contribution in [2.45, 2.75) is 18.9 Å². The van der Waals surface area contributed by atoms with E-state index in [2.05, 4.69) is 10.3 Å². The second-order valence-electron chi connectivity index (χ2n) is 7.00. The lowest BCUT2D eigenvalue weighted by Crippen LogP contribution is -2.32. The molecule has 4 rings (SSSR count). The molecule has 0 radical (unpaired) electrons. The quantitative estimate of drug-likeness (QED) is 0.548. The van der Waals surface area contributed by atoms with Crippen molar-refractivity contribution in [3.63, 3.8) is 0 Å². The highest BCUT2D eigenvalue weighted by Gasteiger charge is 2.40. The van der Waals surface area contributed by atoms with Gasteiger partial charge in [-0.25, -0.2) is 4.98 Å². The van der Waals surface area contributed by atoms with Gasteiger partial charge in [0.25, 0.3) is 5.91 Å². The third kappa shape index (κ3) is 3.88. The fourth-order valence-electron chi connectivity index (χ4n) is 3.64. The van der Waals surface area contributed by atoms with Crippen LogP contribution >= 0.6 is 23.2 Å². The van der Waals surface area contributed by atoms with Gasteiger partial charge in [-0.3, -0.25) is 19.1 Å². The summed E-state index contributed by atoms with van der Waals surface area (Å²) in [7, 11) is 1.62. The summed E-state index contributed by atoms with van der Waals surface area (Å²) in [4.78, 5) is 32.2. The molecule has 156 valence electrons.